The van der Waals surface area contributed by atoms with E-state index in [-0.39, 0.29) is 4.90 Å². The Morgan fingerprint density at radius 3 is 2.62 bits per heavy atom. The van der Waals surface area contributed by atoms with Gasteiger partial charge in [-0.2, -0.15) is 0 Å². The molecule has 0 unspecified atom stereocenters. The predicted octanol–water partition coefficient (Wildman–Crippen LogP) is 2.31. The van der Waals surface area contributed by atoms with Crippen molar-refractivity contribution in [3.8, 4) is 11.4 Å². The minimum absolute atomic E-state index is 0.178. The summed E-state index contributed by atoms with van der Waals surface area (Å²) in [6.45, 7) is 1.03. The second-order valence-corrected chi connectivity index (χ2v) is 7.02. The summed E-state index contributed by atoms with van der Waals surface area (Å²) >= 11 is 0. The Hall–Kier alpha value is -2.51. The van der Waals surface area contributed by atoms with Gasteiger partial charge in [-0.25, -0.2) is 18.1 Å². The molecule has 0 saturated heterocycles. The topological polar surface area (TPSA) is 76.9 Å². The van der Waals surface area contributed by atoms with Crippen LogP contribution in [0.3, 0.4) is 0 Å². The number of nitrogens with zero attached hydrogens (tertiary/aromatic N) is 3. The van der Waals surface area contributed by atoms with Gasteiger partial charge in [0.1, 0.15) is 10.7 Å². The highest BCUT2D eigenvalue weighted by Gasteiger charge is 2.13. The van der Waals surface area contributed by atoms with E-state index in [0.717, 1.165) is 11.4 Å². The third-order valence-corrected chi connectivity index (χ3v) is 5.01. The Bertz CT molecular complexity index is 877. The molecule has 6 nitrogen and oxygen atoms in total. The van der Waals surface area contributed by atoms with E-state index >= 15 is 0 Å². The van der Waals surface area contributed by atoms with Gasteiger partial charge in [-0.3, -0.25) is 4.98 Å². The maximum atomic E-state index is 12.1. The van der Waals surface area contributed by atoms with Crippen LogP contribution in [0.4, 0.5) is 0 Å². The molecular formula is C17H18N4O2S. The number of aromatic nitrogens is 3. The Balaban J connectivity index is 1.58. The summed E-state index contributed by atoms with van der Waals surface area (Å²) < 4.78 is 28.8. The molecule has 0 bridgehead atoms. The van der Waals surface area contributed by atoms with Crippen LogP contribution in [0.2, 0.25) is 0 Å². The Labute approximate surface area is 141 Å². The van der Waals surface area contributed by atoms with Gasteiger partial charge in [0.05, 0.1) is 0 Å². The lowest BCUT2D eigenvalue weighted by atomic mass is 10.2. The molecule has 0 radical (unpaired) electrons. The van der Waals surface area contributed by atoms with Crippen molar-refractivity contribution in [3.63, 3.8) is 0 Å². The van der Waals surface area contributed by atoms with Gasteiger partial charge in [-0.05, 0) is 18.6 Å². The summed E-state index contributed by atoms with van der Waals surface area (Å²) in [5.74, 6) is 0.880. The molecule has 0 saturated carbocycles. The van der Waals surface area contributed by atoms with Crippen LogP contribution in [0.5, 0.6) is 0 Å². The fourth-order valence-electron chi connectivity index (χ4n) is 2.38. The van der Waals surface area contributed by atoms with E-state index < -0.39 is 10.0 Å². The summed E-state index contributed by atoms with van der Waals surface area (Å²) in [4.78, 5) is 8.39. The highest BCUT2D eigenvalue weighted by atomic mass is 32.2. The van der Waals surface area contributed by atoms with Crippen LogP contribution in [-0.2, 0) is 16.6 Å². The maximum absolute atomic E-state index is 12.1. The first kappa shape index (κ1) is 16.4. The zero-order chi connectivity index (χ0) is 16.8. The second kappa shape index (κ2) is 7.37. The van der Waals surface area contributed by atoms with Crippen molar-refractivity contribution in [2.24, 2.45) is 0 Å². The van der Waals surface area contributed by atoms with Crippen molar-refractivity contribution in [2.75, 3.05) is 6.54 Å². The van der Waals surface area contributed by atoms with E-state index in [1.165, 1.54) is 12.3 Å². The highest BCUT2D eigenvalue weighted by molar-refractivity contribution is 7.89. The fraction of sp³-hybridized carbons (Fsp3) is 0.176. The predicted molar refractivity (Wildman–Crippen MR) is 91.7 cm³/mol. The summed E-state index contributed by atoms with van der Waals surface area (Å²) in [5.41, 5.74) is 1.04. The first-order chi connectivity index (χ1) is 11.7. The molecule has 0 aliphatic carbocycles. The number of hydrogen-bond donors (Lipinski definition) is 1. The fourth-order valence-corrected chi connectivity index (χ4v) is 3.42. The summed E-state index contributed by atoms with van der Waals surface area (Å²) in [6, 6.07) is 13.0. The van der Waals surface area contributed by atoms with Crippen LogP contribution < -0.4 is 4.72 Å². The van der Waals surface area contributed by atoms with Crippen LogP contribution in [-0.4, -0.2) is 29.5 Å². The molecule has 0 aliphatic rings. The number of pyridine rings is 1. The molecule has 3 rings (SSSR count). The number of rotatable bonds is 7. The average Bonchev–Trinajstić information content (AvgIpc) is 3.09. The molecule has 1 aromatic carbocycles. The number of nitrogens with one attached hydrogen (secondary N) is 1. The Morgan fingerprint density at radius 2 is 1.88 bits per heavy atom. The van der Waals surface area contributed by atoms with Crippen LogP contribution in [0.25, 0.3) is 11.4 Å². The summed E-state index contributed by atoms with van der Waals surface area (Å²) in [5, 5.41) is 0. The maximum Gasteiger partial charge on any atom is 0.242 e. The first-order valence-corrected chi connectivity index (χ1v) is 9.11. The molecule has 2 heterocycles. The van der Waals surface area contributed by atoms with Gasteiger partial charge in [0, 0.05) is 43.4 Å². The van der Waals surface area contributed by atoms with Crippen LogP contribution in [0.1, 0.15) is 6.42 Å². The lowest BCUT2D eigenvalue weighted by Crippen LogP contribution is -2.25. The average molecular weight is 342 g/mol. The number of hydrogen-bond acceptors (Lipinski definition) is 4. The zero-order valence-corrected chi connectivity index (χ0v) is 13.9. The number of aryl methyl sites for hydroxylation is 1. The van der Waals surface area contributed by atoms with Crippen molar-refractivity contribution in [2.45, 2.75) is 17.9 Å². The van der Waals surface area contributed by atoms with Crippen molar-refractivity contribution in [3.05, 3.63) is 67.3 Å². The SMILES string of the molecule is O=S(=O)(NCCCn1ccnc1-c1ccccc1)c1cccnc1. The van der Waals surface area contributed by atoms with Crippen molar-refractivity contribution >= 4 is 10.0 Å². The quantitative estimate of drug-likeness (QED) is 0.669. The summed E-state index contributed by atoms with van der Waals surface area (Å²) in [6.07, 6.45) is 7.20. The van der Waals surface area contributed by atoms with E-state index in [4.69, 9.17) is 0 Å². The van der Waals surface area contributed by atoms with Gasteiger partial charge < -0.3 is 4.57 Å². The highest BCUT2D eigenvalue weighted by Crippen LogP contribution is 2.16. The van der Waals surface area contributed by atoms with Crippen LogP contribution in [0, 0.1) is 0 Å². The first-order valence-electron chi connectivity index (χ1n) is 7.63. The number of benzene rings is 1. The van der Waals surface area contributed by atoms with E-state index in [9.17, 15) is 8.42 Å². The van der Waals surface area contributed by atoms with Gasteiger partial charge in [0.15, 0.2) is 0 Å². The smallest absolute Gasteiger partial charge is 0.242 e. The minimum atomic E-state index is -3.50. The lowest BCUT2D eigenvalue weighted by Gasteiger charge is -2.09. The standard InChI is InChI=1S/C17H18N4O2S/c22-24(23,16-8-4-9-18-14-16)20-10-5-12-21-13-11-19-17(21)15-6-2-1-3-7-15/h1-4,6-9,11,13-14,20H,5,10,12H2. The molecule has 0 fully saturated rings. The number of imidazole rings is 1. The van der Waals surface area contributed by atoms with Crippen molar-refractivity contribution < 1.29 is 8.42 Å². The third-order valence-electron chi connectivity index (χ3n) is 3.56. The van der Waals surface area contributed by atoms with E-state index in [1.54, 1.807) is 18.5 Å². The third kappa shape index (κ3) is 3.87. The monoisotopic (exact) mass is 342 g/mol. The van der Waals surface area contributed by atoms with Crippen LogP contribution in [0.15, 0.2) is 72.1 Å². The largest absolute Gasteiger partial charge is 0.331 e. The molecule has 3 aromatic rings. The zero-order valence-electron chi connectivity index (χ0n) is 13.0. The summed E-state index contributed by atoms with van der Waals surface area (Å²) in [7, 11) is -3.50. The number of sulfonamides is 1. The Kier molecular flexibility index (Phi) is 5.02. The van der Waals surface area contributed by atoms with Gasteiger partial charge >= 0.3 is 0 Å². The van der Waals surface area contributed by atoms with Gasteiger partial charge in [-0.15, -0.1) is 0 Å². The van der Waals surface area contributed by atoms with Crippen LogP contribution >= 0.6 is 0 Å². The Morgan fingerprint density at radius 1 is 1.04 bits per heavy atom. The van der Waals surface area contributed by atoms with Gasteiger partial charge in [0.25, 0.3) is 0 Å². The van der Waals surface area contributed by atoms with E-state index in [1.807, 2.05) is 41.1 Å². The molecule has 0 atom stereocenters. The van der Waals surface area contributed by atoms with Crippen molar-refractivity contribution in [1.29, 1.82) is 0 Å². The molecule has 1 N–H and O–H groups in total. The van der Waals surface area contributed by atoms with E-state index in [2.05, 4.69) is 14.7 Å². The molecular weight excluding hydrogens is 324 g/mol. The van der Waals surface area contributed by atoms with E-state index in [0.29, 0.717) is 19.5 Å². The van der Waals surface area contributed by atoms with Crippen molar-refractivity contribution in [1.82, 2.24) is 19.3 Å². The molecule has 7 heteroatoms. The lowest BCUT2D eigenvalue weighted by molar-refractivity contribution is 0.570. The van der Waals surface area contributed by atoms with Gasteiger partial charge in [-0.1, -0.05) is 30.3 Å². The molecule has 2 aromatic heterocycles. The minimum Gasteiger partial charge on any atom is -0.331 e. The van der Waals surface area contributed by atoms with Gasteiger partial charge in [0.2, 0.25) is 10.0 Å². The molecule has 0 spiro atoms. The molecule has 24 heavy (non-hydrogen) atoms. The molecule has 124 valence electrons. The normalized spacial score (nSPS) is 11.5. The molecule has 0 aliphatic heterocycles. The second-order valence-electron chi connectivity index (χ2n) is 5.25. The molecule has 0 amide bonds.